The van der Waals surface area contributed by atoms with Crippen molar-refractivity contribution in [3.63, 3.8) is 0 Å². The quantitative estimate of drug-likeness (QED) is 0.288. The van der Waals surface area contributed by atoms with Crippen LogP contribution in [-0.4, -0.2) is 70.7 Å². The van der Waals surface area contributed by atoms with Gasteiger partial charge in [0.2, 0.25) is 11.8 Å². The van der Waals surface area contributed by atoms with E-state index in [2.05, 4.69) is 20.6 Å². The summed E-state index contributed by atoms with van der Waals surface area (Å²) in [6, 6.07) is 14.5. The van der Waals surface area contributed by atoms with Crippen LogP contribution in [0.25, 0.3) is 10.9 Å². The van der Waals surface area contributed by atoms with E-state index in [-0.39, 0.29) is 42.8 Å². The minimum atomic E-state index is -1.07. The van der Waals surface area contributed by atoms with Crippen LogP contribution in [0.15, 0.2) is 73.1 Å². The Kier molecular flexibility index (Phi) is 7.78. The summed E-state index contributed by atoms with van der Waals surface area (Å²) >= 11 is 0. The Morgan fingerprint density at radius 2 is 1.91 bits per heavy atom. The van der Waals surface area contributed by atoms with Gasteiger partial charge in [-0.3, -0.25) is 19.4 Å². The number of hydrogen-bond acceptors (Lipinski definition) is 7. The smallest absolute Gasteiger partial charge is 0.251 e. The number of amides is 3. The first-order valence-electron chi connectivity index (χ1n) is 13.9. The van der Waals surface area contributed by atoms with E-state index in [0.29, 0.717) is 24.7 Å². The number of nitrogens with zero attached hydrogens (tertiary/aromatic N) is 2. The van der Waals surface area contributed by atoms with E-state index in [1.54, 1.807) is 30.6 Å². The standard InChI is InChI=1S/C31H30FN5O6/c1-19(26-14-21-16-33-10-9-25(21)36-26)35-30(40)27-15-31(41-11-12-42-31)18-37(27)28(38)17-34-29(39)20-3-2-4-24(13-20)43-23-7-5-22(32)6-8-23/h2-10,13-14,16,19,27,36H,11-12,15,17-18H2,1H3,(H,34,39)(H,35,40)/t19-,27+/m1/s1. The van der Waals surface area contributed by atoms with Crippen LogP contribution in [0.4, 0.5) is 4.39 Å². The third kappa shape index (κ3) is 6.20. The molecule has 2 aliphatic rings. The molecule has 2 aromatic heterocycles. The highest BCUT2D eigenvalue weighted by Crippen LogP contribution is 2.35. The van der Waals surface area contributed by atoms with Gasteiger partial charge in [-0.2, -0.15) is 0 Å². The number of halogens is 1. The van der Waals surface area contributed by atoms with E-state index < -0.39 is 23.6 Å². The molecule has 6 rings (SSSR count). The first-order valence-corrected chi connectivity index (χ1v) is 13.9. The SMILES string of the molecule is C[C@@H](NC(=O)[C@@H]1CC2(CN1C(=O)CNC(=O)c1cccc(Oc3ccc(F)cc3)c1)OCCO2)c1cc2cnccc2[nH]1. The normalized spacial score (nSPS) is 18.1. The lowest BCUT2D eigenvalue weighted by atomic mass is 10.1. The number of ether oxygens (including phenoxy) is 3. The van der Waals surface area contributed by atoms with E-state index in [4.69, 9.17) is 14.2 Å². The second-order valence-corrected chi connectivity index (χ2v) is 10.5. The molecule has 4 heterocycles. The first kappa shape index (κ1) is 28.3. The Balaban J connectivity index is 1.11. The second-order valence-electron chi connectivity index (χ2n) is 10.5. The van der Waals surface area contributed by atoms with Crippen molar-refractivity contribution in [1.82, 2.24) is 25.5 Å². The van der Waals surface area contributed by atoms with Gasteiger partial charge < -0.3 is 34.7 Å². The lowest BCUT2D eigenvalue weighted by molar-refractivity contribution is -0.152. The van der Waals surface area contributed by atoms with Crippen molar-refractivity contribution in [3.8, 4) is 11.5 Å². The molecule has 2 saturated heterocycles. The van der Waals surface area contributed by atoms with E-state index >= 15 is 0 Å². The Labute approximate surface area is 246 Å². The first-order chi connectivity index (χ1) is 20.8. The zero-order valence-corrected chi connectivity index (χ0v) is 23.3. The van der Waals surface area contributed by atoms with Crippen LogP contribution in [-0.2, 0) is 19.1 Å². The largest absolute Gasteiger partial charge is 0.457 e. The highest BCUT2D eigenvalue weighted by atomic mass is 19.1. The van der Waals surface area contributed by atoms with E-state index in [1.807, 2.05) is 19.1 Å². The number of H-pyrrole nitrogens is 1. The maximum absolute atomic E-state index is 13.5. The van der Waals surface area contributed by atoms with Crippen molar-refractivity contribution < 1.29 is 33.0 Å². The number of carbonyl (C=O) groups excluding carboxylic acids is 3. The molecule has 3 N–H and O–H groups in total. The number of rotatable bonds is 8. The van der Waals surface area contributed by atoms with Crippen molar-refractivity contribution in [1.29, 1.82) is 0 Å². The summed E-state index contributed by atoms with van der Waals surface area (Å²) in [6.45, 7) is 2.30. The van der Waals surface area contributed by atoms with E-state index in [9.17, 15) is 18.8 Å². The van der Waals surface area contributed by atoms with Crippen LogP contribution in [0.3, 0.4) is 0 Å². The molecule has 1 spiro atoms. The fourth-order valence-electron chi connectivity index (χ4n) is 5.36. The molecule has 3 amide bonds. The molecule has 2 aromatic carbocycles. The molecule has 2 aliphatic heterocycles. The molecule has 4 aromatic rings. The van der Waals surface area contributed by atoms with Crippen molar-refractivity contribution >= 4 is 28.6 Å². The van der Waals surface area contributed by atoms with Gasteiger partial charge in [0.1, 0.15) is 23.4 Å². The number of nitrogens with one attached hydrogen (secondary N) is 3. The summed E-state index contributed by atoms with van der Waals surface area (Å²) in [5.74, 6) is -1.97. The van der Waals surface area contributed by atoms with Crippen LogP contribution < -0.4 is 15.4 Å². The van der Waals surface area contributed by atoms with Crippen LogP contribution >= 0.6 is 0 Å². The van der Waals surface area contributed by atoms with Crippen molar-refractivity contribution in [2.45, 2.75) is 31.2 Å². The Morgan fingerprint density at radius 1 is 1.12 bits per heavy atom. The topological polar surface area (TPSA) is 135 Å². The lowest BCUT2D eigenvalue weighted by Gasteiger charge is -2.25. The van der Waals surface area contributed by atoms with Gasteiger partial charge in [-0.15, -0.1) is 0 Å². The highest BCUT2D eigenvalue weighted by molar-refractivity contribution is 5.97. The number of carbonyl (C=O) groups is 3. The molecule has 43 heavy (non-hydrogen) atoms. The minimum absolute atomic E-state index is 0.0627. The van der Waals surface area contributed by atoms with E-state index in [0.717, 1.165) is 16.6 Å². The third-order valence-electron chi connectivity index (χ3n) is 7.54. The summed E-state index contributed by atoms with van der Waals surface area (Å²) in [7, 11) is 0. The fraction of sp³-hybridized carbons (Fsp3) is 0.290. The van der Waals surface area contributed by atoms with Crippen LogP contribution in [0.2, 0.25) is 0 Å². The predicted octanol–water partition coefficient (Wildman–Crippen LogP) is 3.45. The maximum Gasteiger partial charge on any atom is 0.251 e. The maximum atomic E-state index is 13.5. The molecule has 11 nitrogen and oxygen atoms in total. The van der Waals surface area contributed by atoms with Crippen molar-refractivity contribution in [2.24, 2.45) is 0 Å². The highest BCUT2D eigenvalue weighted by Gasteiger charge is 2.52. The van der Waals surface area contributed by atoms with Gasteiger partial charge in [-0.25, -0.2) is 4.39 Å². The fourth-order valence-corrected chi connectivity index (χ4v) is 5.36. The molecule has 222 valence electrons. The number of pyridine rings is 1. The summed E-state index contributed by atoms with van der Waals surface area (Å²) in [5, 5.41) is 6.55. The molecule has 0 aliphatic carbocycles. The second kappa shape index (κ2) is 11.8. The summed E-state index contributed by atoms with van der Waals surface area (Å²) in [4.78, 5) is 48.6. The van der Waals surface area contributed by atoms with Gasteiger partial charge in [-0.05, 0) is 61.5 Å². The molecule has 0 bridgehead atoms. The molecule has 12 heteroatoms. The number of fused-ring (bicyclic) bond motifs is 1. The van der Waals surface area contributed by atoms with Gasteiger partial charge in [-0.1, -0.05) is 6.07 Å². The van der Waals surface area contributed by atoms with Gasteiger partial charge in [0.25, 0.3) is 5.91 Å². The number of aromatic amines is 1. The van der Waals surface area contributed by atoms with Crippen molar-refractivity contribution in [2.75, 3.05) is 26.3 Å². The molecule has 0 unspecified atom stereocenters. The molecule has 2 atom stereocenters. The van der Waals surface area contributed by atoms with Gasteiger partial charge in [0, 0.05) is 41.0 Å². The number of aromatic nitrogens is 2. The molecule has 0 saturated carbocycles. The molecule has 2 fully saturated rings. The van der Waals surface area contributed by atoms with Crippen LogP contribution in [0, 0.1) is 5.82 Å². The number of likely N-dealkylation sites (tertiary alicyclic amines) is 1. The average molecular weight is 588 g/mol. The summed E-state index contributed by atoms with van der Waals surface area (Å²) < 4.78 is 30.6. The lowest BCUT2D eigenvalue weighted by Crippen LogP contribution is -2.49. The zero-order chi connectivity index (χ0) is 30.0. The average Bonchev–Trinajstić information content (AvgIpc) is 3.76. The predicted molar refractivity (Wildman–Crippen MR) is 153 cm³/mol. The molecular weight excluding hydrogens is 557 g/mol. The van der Waals surface area contributed by atoms with Gasteiger partial charge in [0.15, 0.2) is 5.79 Å². The Morgan fingerprint density at radius 3 is 2.67 bits per heavy atom. The Bertz CT molecular complexity index is 1620. The van der Waals surface area contributed by atoms with Crippen LogP contribution in [0.1, 0.15) is 35.4 Å². The number of benzene rings is 2. The molecular formula is C31H30FN5O6. The monoisotopic (exact) mass is 587 g/mol. The van der Waals surface area contributed by atoms with Gasteiger partial charge >= 0.3 is 0 Å². The minimum Gasteiger partial charge on any atom is -0.457 e. The summed E-state index contributed by atoms with van der Waals surface area (Å²) in [5.41, 5.74) is 1.97. The number of hydrogen-bond donors (Lipinski definition) is 3. The van der Waals surface area contributed by atoms with Crippen LogP contribution in [0.5, 0.6) is 11.5 Å². The third-order valence-corrected chi connectivity index (χ3v) is 7.54. The summed E-state index contributed by atoms with van der Waals surface area (Å²) in [6.07, 6.45) is 3.60. The van der Waals surface area contributed by atoms with Gasteiger partial charge in [0.05, 0.1) is 32.3 Å². The Hall–Kier alpha value is -4.81. The van der Waals surface area contributed by atoms with E-state index in [1.165, 1.54) is 35.2 Å². The molecule has 0 radical (unpaired) electrons. The van der Waals surface area contributed by atoms with Crippen molar-refractivity contribution in [3.05, 3.63) is 90.1 Å². The zero-order valence-electron chi connectivity index (χ0n) is 23.3.